The molecule has 3 nitrogen and oxygen atoms in total. The van der Waals surface area contributed by atoms with Gasteiger partial charge in [0.1, 0.15) is 0 Å². The summed E-state index contributed by atoms with van der Waals surface area (Å²) in [7, 11) is 0. The Kier molecular flexibility index (Phi) is 5.52. The molecule has 0 aliphatic carbocycles. The first-order chi connectivity index (χ1) is 11.8. The molecule has 126 valence electrons. The number of likely N-dealkylation sites (tertiary alicyclic amines) is 1. The third-order valence-electron chi connectivity index (χ3n) is 4.92. The fraction of sp³-hybridized carbons (Fsp3) is 0.381. The van der Waals surface area contributed by atoms with Crippen LogP contribution in [0.2, 0.25) is 0 Å². The average Bonchev–Trinajstić information content (AvgIpc) is 3.13. The van der Waals surface area contributed by atoms with E-state index in [0.717, 1.165) is 25.8 Å². The van der Waals surface area contributed by atoms with Crippen LogP contribution in [0.4, 0.5) is 4.79 Å². The number of carbonyl (C=O) groups excluding carboxylic acids is 1. The van der Waals surface area contributed by atoms with E-state index in [2.05, 4.69) is 48.6 Å². The summed E-state index contributed by atoms with van der Waals surface area (Å²) >= 11 is 0. The third-order valence-corrected chi connectivity index (χ3v) is 4.92. The van der Waals surface area contributed by atoms with E-state index < -0.39 is 0 Å². The van der Waals surface area contributed by atoms with E-state index in [0.29, 0.717) is 12.5 Å². The van der Waals surface area contributed by atoms with Crippen molar-refractivity contribution >= 4 is 6.03 Å². The Labute approximate surface area is 144 Å². The van der Waals surface area contributed by atoms with Crippen molar-refractivity contribution in [2.45, 2.75) is 38.1 Å². The number of amides is 2. The SMILES string of the molecule is CC(CCNC(=O)N1CCCC1c1ccccc1)c1ccccc1. The summed E-state index contributed by atoms with van der Waals surface area (Å²) in [6, 6.07) is 21.1. The second-order valence-electron chi connectivity index (χ2n) is 6.59. The van der Waals surface area contributed by atoms with Crippen LogP contribution in [0.3, 0.4) is 0 Å². The molecule has 0 aromatic heterocycles. The number of hydrogen-bond acceptors (Lipinski definition) is 1. The molecule has 0 spiro atoms. The molecule has 1 N–H and O–H groups in total. The van der Waals surface area contributed by atoms with Crippen molar-refractivity contribution < 1.29 is 4.79 Å². The highest BCUT2D eigenvalue weighted by molar-refractivity contribution is 5.75. The van der Waals surface area contributed by atoms with Crippen molar-refractivity contribution in [3.05, 3.63) is 71.8 Å². The van der Waals surface area contributed by atoms with Gasteiger partial charge in [0.15, 0.2) is 0 Å². The summed E-state index contributed by atoms with van der Waals surface area (Å²) < 4.78 is 0. The molecule has 2 aromatic carbocycles. The van der Waals surface area contributed by atoms with E-state index in [1.807, 2.05) is 29.2 Å². The molecule has 1 saturated heterocycles. The van der Waals surface area contributed by atoms with Gasteiger partial charge in [-0.15, -0.1) is 0 Å². The number of benzene rings is 2. The summed E-state index contributed by atoms with van der Waals surface area (Å²) in [6.45, 7) is 3.77. The van der Waals surface area contributed by atoms with Gasteiger partial charge in [-0.1, -0.05) is 67.6 Å². The molecule has 1 aliphatic rings. The first-order valence-electron chi connectivity index (χ1n) is 8.90. The van der Waals surface area contributed by atoms with Crippen molar-refractivity contribution in [1.82, 2.24) is 10.2 Å². The number of urea groups is 1. The zero-order chi connectivity index (χ0) is 16.8. The molecular formula is C21H26N2O. The molecule has 3 heteroatoms. The van der Waals surface area contributed by atoms with E-state index in [9.17, 15) is 4.79 Å². The van der Waals surface area contributed by atoms with Crippen LogP contribution in [0.1, 0.15) is 49.3 Å². The molecule has 0 bridgehead atoms. The Bertz CT molecular complexity index is 641. The minimum Gasteiger partial charge on any atom is -0.338 e. The van der Waals surface area contributed by atoms with Crippen LogP contribution >= 0.6 is 0 Å². The van der Waals surface area contributed by atoms with E-state index in [-0.39, 0.29) is 12.1 Å². The number of nitrogens with zero attached hydrogens (tertiary/aromatic N) is 1. The predicted molar refractivity (Wildman–Crippen MR) is 98.0 cm³/mol. The van der Waals surface area contributed by atoms with Gasteiger partial charge in [0.2, 0.25) is 0 Å². The van der Waals surface area contributed by atoms with E-state index >= 15 is 0 Å². The molecule has 2 unspecified atom stereocenters. The van der Waals surface area contributed by atoms with Crippen LogP contribution in [-0.4, -0.2) is 24.0 Å². The molecule has 1 heterocycles. The van der Waals surface area contributed by atoms with Crippen LogP contribution in [0, 0.1) is 0 Å². The summed E-state index contributed by atoms with van der Waals surface area (Å²) in [5.74, 6) is 0.454. The maximum atomic E-state index is 12.6. The Morgan fingerprint density at radius 1 is 1.12 bits per heavy atom. The Morgan fingerprint density at radius 2 is 1.79 bits per heavy atom. The molecule has 2 amide bonds. The van der Waals surface area contributed by atoms with Gasteiger partial charge >= 0.3 is 6.03 Å². The summed E-state index contributed by atoms with van der Waals surface area (Å²) in [4.78, 5) is 14.6. The zero-order valence-corrected chi connectivity index (χ0v) is 14.3. The molecule has 1 aliphatic heterocycles. The van der Waals surface area contributed by atoms with Crippen molar-refractivity contribution in [3.63, 3.8) is 0 Å². The molecular weight excluding hydrogens is 296 g/mol. The second kappa shape index (κ2) is 8.00. The normalized spacial score (nSPS) is 18.4. The van der Waals surface area contributed by atoms with Gasteiger partial charge in [0.05, 0.1) is 6.04 Å². The lowest BCUT2D eigenvalue weighted by atomic mass is 9.98. The maximum absolute atomic E-state index is 12.6. The van der Waals surface area contributed by atoms with Crippen molar-refractivity contribution in [2.24, 2.45) is 0 Å². The third kappa shape index (κ3) is 3.97. The van der Waals surface area contributed by atoms with Crippen LogP contribution in [0.5, 0.6) is 0 Å². The minimum atomic E-state index is 0.0709. The molecule has 2 atom stereocenters. The lowest BCUT2D eigenvalue weighted by Crippen LogP contribution is -2.40. The molecule has 24 heavy (non-hydrogen) atoms. The highest BCUT2D eigenvalue weighted by Gasteiger charge is 2.29. The first kappa shape index (κ1) is 16.6. The van der Waals surface area contributed by atoms with Crippen LogP contribution in [0.15, 0.2) is 60.7 Å². The highest BCUT2D eigenvalue weighted by Crippen LogP contribution is 2.31. The van der Waals surface area contributed by atoms with Crippen molar-refractivity contribution in [3.8, 4) is 0 Å². The number of hydrogen-bond donors (Lipinski definition) is 1. The largest absolute Gasteiger partial charge is 0.338 e. The van der Waals surface area contributed by atoms with Gasteiger partial charge in [0.25, 0.3) is 0 Å². The molecule has 2 aromatic rings. The zero-order valence-electron chi connectivity index (χ0n) is 14.3. The van der Waals surface area contributed by atoms with Gasteiger partial charge in [0, 0.05) is 13.1 Å². The number of nitrogens with one attached hydrogen (secondary N) is 1. The topological polar surface area (TPSA) is 32.3 Å². The minimum absolute atomic E-state index is 0.0709. The molecule has 1 fully saturated rings. The van der Waals surface area contributed by atoms with E-state index in [1.54, 1.807) is 0 Å². The highest BCUT2D eigenvalue weighted by atomic mass is 16.2. The fourth-order valence-corrected chi connectivity index (χ4v) is 3.48. The fourth-order valence-electron chi connectivity index (χ4n) is 3.48. The standard InChI is InChI=1S/C21H26N2O/c1-17(18-9-4-2-5-10-18)14-15-22-21(24)23-16-8-13-20(23)19-11-6-3-7-12-19/h2-7,9-12,17,20H,8,13-16H2,1H3,(H,22,24). The summed E-state index contributed by atoms with van der Waals surface area (Å²) in [5.41, 5.74) is 2.57. The smallest absolute Gasteiger partial charge is 0.317 e. The van der Waals surface area contributed by atoms with Crippen LogP contribution < -0.4 is 5.32 Å². The van der Waals surface area contributed by atoms with E-state index in [1.165, 1.54) is 11.1 Å². The predicted octanol–water partition coefficient (Wildman–Crippen LogP) is 4.73. The van der Waals surface area contributed by atoms with Gasteiger partial charge in [-0.3, -0.25) is 0 Å². The van der Waals surface area contributed by atoms with Gasteiger partial charge in [-0.2, -0.15) is 0 Å². The second-order valence-corrected chi connectivity index (χ2v) is 6.59. The van der Waals surface area contributed by atoms with Crippen LogP contribution in [0.25, 0.3) is 0 Å². The quantitative estimate of drug-likeness (QED) is 0.848. The molecule has 3 rings (SSSR count). The monoisotopic (exact) mass is 322 g/mol. The Hall–Kier alpha value is -2.29. The lowest BCUT2D eigenvalue weighted by molar-refractivity contribution is 0.192. The van der Waals surface area contributed by atoms with Crippen LogP contribution in [-0.2, 0) is 0 Å². The van der Waals surface area contributed by atoms with Gasteiger partial charge in [-0.25, -0.2) is 4.79 Å². The van der Waals surface area contributed by atoms with E-state index in [4.69, 9.17) is 0 Å². The van der Waals surface area contributed by atoms with Crippen molar-refractivity contribution in [1.29, 1.82) is 0 Å². The van der Waals surface area contributed by atoms with Gasteiger partial charge < -0.3 is 10.2 Å². The average molecular weight is 322 g/mol. The molecule has 0 radical (unpaired) electrons. The number of carbonyl (C=O) groups is 1. The number of rotatable bonds is 5. The Morgan fingerprint density at radius 3 is 2.50 bits per heavy atom. The summed E-state index contributed by atoms with van der Waals surface area (Å²) in [6.07, 6.45) is 3.09. The molecule has 0 saturated carbocycles. The Balaban J connectivity index is 1.51. The summed E-state index contributed by atoms with van der Waals surface area (Å²) in [5, 5.41) is 3.11. The van der Waals surface area contributed by atoms with Crippen molar-refractivity contribution in [2.75, 3.05) is 13.1 Å². The maximum Gasteiger partial charge on any atom is 0.317 e. The first-order valence-corrected chi connectivity index (χ1v) is 8.90. The lowest BCUT2D eigenvalue weighted by Gasteiger charge is -2.25. The van der Waals surface area contributed by atoms with Gasteiger partial charge in [-0.05, 0) is 36.3 Å².